The third kappa shape index (κ3) is 4.86. The second kappa shape index (κ2) is 10.5. The number of aromatic nitrogens is 1. The van der Waals surface area contributed by atoms with E-state index in [1.807, 2.05) is 6.07 Å². The lowest BCUT2D eigenvalue weighted by Crippen LogP contribution is -2.36. The molecule has 1 aromatic heterocycles. The highest BCUT2D eigenvalue weighted by molar-refractivity contribution is 6.15. The van der Waals surface area contributed by atoms with Crippen LogP contribution in [0.3, 0.4) is 0 Å². The molecule has 11 heteroatoms. The molecule has 1 aliphatic rings. The standard InChI is InChI=1S/C25H25F2N7O2/c1-31-21-10-19(26)22(23(27)18(21)11-28)25(35)33-15-2-3-20(29)17(9-15)24(30)14-8-16(13-32-12-14)34-4-6-36-7-5-34/h2-3,8-13,28,30-31H,4-7,29H2,1H3,(H,33,35). The lowest BCUT2D eigenvalue weighted by Gasteiger charge is -2.28. The summed E-state index contributed by atoms with van der Waals surface area (Å²) in [5.41, 5.74) is 7.35. The van der Waals surface area contributed by atoms with Crippen LogP contribution in [0.5, 0.6) is 0 Å². The van der Waals surface area contributed by atoms with Crippen LogP contribution in [0.2, 0.25) is 0 Å². The number of hydrogen-bond acceptors (Lipinski definition) is 8. The largest absolute Gasteiger partial charge is 0.398 e. The molecule has 4 rings (SSSR count). The van der Waals surface area contributed by atoms with Crippen LogP contribution in [0.25, 0.3) is 0 Å². The van der Waals surface area contributed by atoms with Crippen LogP contribution < -0.4 is 21.3 Å². The number of rotatable bonds is 7. The summed E-state index contributed by atoms with van der Waals surface area (Å²) < 4.78 is 34.8. The quantitative estimate of drug-likeness (QED) is 0.252. The Morgan fingerprint density at radius 2 is 1.94 bits per heavy atom. The van der Waals surface area contributed by atoms with Crippen LogP contribution in [-0.2, 0) is 4.74 Å². The number of nitrogens with zero attached hydrogens (tertiary/aromatic N) is 2. The third-order valence-corrected chi connectivity index (χ3v) is 5.87. The van der Waals surface area contributed by atoms with Crippen LogP contribution >= 0.6 is 0 Å². The maximum atomic E-state index is 14.9. The molecule has 3 aromatic rings. The SMILES string of the molecule is CNc1cc(F)c(C(=O)Nc2ccc(N)c(C(=N)c3cncc(N4CCOCC4)c3)c2)c(F)c1C=N. The van der Waals surface area contributed by atoms with Gasteiger partial charge in [-0.1, -0.05) is 0 Å². The summed E-state index contributed by atoms with van der Waals surface area (Å²) >= 11 is 0. The normalized spacial score (nSPS) is 13.2. The second-order valence-corrected chi connectivity index (χ2v) is 8.07. The molecule has 2 aromatic carbocycles. The molecule has 36 heavy (non-hydrogen) atoms. The topological polar surface area (TPSA) is 140 Å². The summed E-state index contributed by atoms with van der Waals surface area (Å²) in [6, 6.07) is 7.22. The molecule has 0 spiro atoms. The van der Waals surface area contributed by atoms with E-state index in [1.165, 1.54) is 25.2 Å². The van der Waals surface area contributed by atoms with Gasteiger partial charge < -0.3 is 31.4 Å². The Kier molecular flexibility index (Phi) is 7.20. The number of amides is 1. The zero-order valence-corrected chi connectivity index (χ0v) is 19.5. The summed E-state index contributed by atoms with van der Waals surface area (Å²) in [5.74, 6) is -3.26. The van der Waals surface area contributed by atoms with Crippen molar-refractivity contribution >= 4 is 40.6 Å². The Labute approximate surface area is 206 Å². The van der Waals surface area contributed by atoms with Crippen LogP contribution in [0.15, 0.2) is 42.7 Å². The fourth-order valence-electron chi connectivity index (χ4n) is 3.95. The Morgan fingerprint density at radius 3 is 2.64 bits per heavy atom. The molecule has 186 valence electrons. The number of ether oxygens (including phenoxy) is 1. The van der Waals surface area contributed by atoms with E-state index in [4.69, 9.17) is 21.3 Å². The smallest absolute Gasteiger partial charge is 0.261 e. The maximum absolute atomic E-state index is 14.9. The monoisotopic (exact) mass is 493 g/mol. The second-order valence-electron chi connectivity index (χ2n) is 8.07. The lowest BCUT2D eigenvalue weighted by molar-refractivity contribution is 0.101. The van der Waals surface area contributed by atoms with Gasteiger partial charge >= 0.3 is 0 Å². The first kappa shape index (κ1) is 24.7. The van der Waals surface area contributed by atoms with E-state index in [9.17, 15) is 13.6 Å². The molecule has 0 saturated carbocycles. The zero-order chi connectivity index (χ0) is 25.8. The van der Waals surface area contributed by atoms with E-state index in [2.05, 4.69) is 20.5 Å². The molecule has 9 nitrogen and oxygen atoms in total. The Morgan fingerprint density at radius 1 is 1.19 bits per heavy atom. The fourth-order valence-corrected chi connectivity index (χ4v) is 3.95. The maximum Gasteiger partial charge on any atom is 0.261 e. The predicted octanol–water partition coefficient (Wildman–Crippen LogP) is 3.49. The molecule has 2 heterocycles. The van der Waals surface area contributed by atoms with Crippen molar-refractivity contribution < 1.29 is 18.3 Å². The number of nitrogens with one attached hydrogen (secondary N) is 4. The van der Waals surface area contributed by atoms with Crippen molar-refractivity contribution in [3.63, 3.8) is 0 Å². The Bertz CT molecular complexity index is 1340. The van der Waals surface area contributed by atoms with Crippen molar-refractivity contribution in [3.8, 4) is 0 Å². The number of anilines is 4. The number of halogens is 2. The molecular weight excluding hydrogens is 468 g/mol. The summed E-state index contributed by atoms with van der Waals surface area (Å²) in [7, 11) is 1.46. The van der Waals surface area contributed by atoms with Gasteiger partial charge in [-0.05, 0) is 30.3 Å². The minimum absolute atomic E-state index is 0.0488. The molecule has 1 aliphatic heterocycles. The number of hydrogen-bond donors (Lipinski definition) is 5. The molecule has 0 unspecified atom stereocenters. The van der Waals surface area contributed by atoms with Gasteiger partial charge in [-0.3, -0.25) is 15.2 Å². The van der Waals surface area contributed by atoms with E-state index >= 15 is 0 Å². The minimum atomic E-state index is -1.15. The zero-order valence-electron chi connectivity index (χ0n) is 19.5. The summed E-state index contributed by atoms with van der Waals surface area (Å²) in [6.07, 6.45) is 3.97. The van der Waals surface area contributed by atoms with Crippen molar-refractivity contribution in [2.45, 2.75) is 0 Å². The van der Waals surface area contributed by atoms with Crippen molar-refractivity contribution in [1.82, 2.24) is 4.98 Å². The lowest BCUT2D eigenvalue weighted by atomic mass is 10.0. The van der Waals surface area contributed by atoms with Crippen LogP contribution in [-0.4, -0.2) is 56.2 Å². The van der Waals surface area contributed by atoms with E-state index in [1.54, 1.807) is 12.4 Å². The number of nitrogens with two attached hydrogens (primary N) is 1. The van der Waals surface area contributed by atoms with Crippen molar-refractivity contribution in [3.05, 3.63) is 76.6 Å². The summed E-state index contributed by atoms with van der Waals surface area (Å²) in [4.78, 5) is 19.1. The van der Waals surface area contributed by atoms with Crippen LogP contribution in [0.1, 0.15) is 27.0 Å². The first-order valence-electron chi connectivity index (χ1n) is 11.1. The van der Waals surface area contributed by atoms with E-state index < -0.39 is 23.1 Å². The van der Waals surface area contributed by atoms with Crippen molar-refractivity contribution in [1.29, 1.82) is 10.8 Å². The minimum Gasteiger partial charge on any atom is -0.398 e. The van der Waals surface area contributed by atoms with Gasteiger partial charge in [-0.15, -0.1) is 0 Å². The first-order chi connectivity index (χ1) is 17.3. The van der Waals surface area contributed by atoms with Gasteiger partial charge in [-0.2, -0.15) is 0 Å². The number of pyridine rings is 1. The van der Waals surface area contributed by atoms with E-state index in [0.29, 0.717) is 43.6 Å². The van der Waals surface area contributed by atoms with Crippen molar-refractivity contribution in [2.75, 3.05) is 54.6 Å². The Hall–Kier alpha value is -4.38. The molecule has 0 bridgehead atoms. The molecule has 0 aliphatic carbocycles. The molecule has 0 atom stereocenters. The fraction of sp³-hybridized carbons (Fsp3) is 0.200. The highest BCUT2D eigenvalue weighted by Gasteiger charge is 2.23. The van der Waals surface area contributed by atoms with Gasteiger partial charge in [0.05, 0.1) is 36.4 Å². The van der Waals surface area contributed by atoms with Gasteiger partial charge in [-0.25, -0.2) is 8.78 Å². The molecular formula is C25H25F2N7O2. The molecule has 0 radical (unpaired) electrons. The van der Waals surface area contributed by atoms with Gasteiger partial charge in [0.25, 0.3) is 5.91 Å². The van der Waals surface area contributed by atoms with Crippen LogP contribution in [0.4, 0.5) is 31.5 Å². The van der Waals surface area contributed by atoms with E-state index in [-0.39, 0.29) is 28.3 Å². The van der Waals surface area contributed by atoms with Gasteiger partial charge in [0.1, 0.15) is 17.2 Å². The number of carbonyl (C=O) groups excluding carboxylic acids is 1. The molecule has 6 N–H and O–H groups in total. The van der Waals surface area contributed by atoms with Gasteiger partial charge in [0.2, 0.25) is 0 Å². The summed E-state index contributed by atoms with van der Waals surface area (Å²) in [6.45, 7) is 2.64. The molecule has 1 fully saturated rings. The first-order valence-corrected chi connectivity index (χ1v) is 11.1. The summed E-state index contributed by atoms with van der Waals surface area (Å²) in [5, 5.41) is 21.2. The average molecular weight is 494 g/mol. The predicted molar refractivity (Wildman–Crippen MR) is 136 cm³/mol. The Balaban J connectivity index is 1.61. The third-order valence-electron chi connectivity index (χ3n) is 5.87. The number of morpholine rings is 1. The van der Waals surface area contributed by atoms with Gasteiger partial charge in [0.15, 0.2) is 0 Å². The number of nitrogen functional groups attached to an aromatic ring is 1. The van der Waals surface area contributed by atoms with Crippen molar-refractivity contribution in [2.24, 2.45) is 0 Å². The number of benzene rings is 2. The van der Waals surface area contributed by atoms with Crippen LogP contribution in [0, 0.1) is 22.5 Å². The average Bonchev–Trinajstić information content (AvgIpc) is 2.89. The van der Waals surface area contributed by atoms with Gasteiger partial charge in [0, 0.05) is 60.7 Å². The molecule has 1 amide bonds. The highest BCUT2D eigenvalue weighted by Crippen LogP contribution is 2.27. The van der Waals surface area contributed by atoms with E-state index in [0.717, 1.165) is 11.8 Å². The number of carbonyl (C=O) groups is 1. The molecule has 1 saturated heterocycles. The highest BCUT2D eigenvalue weighted by atomic mass is 19.1.